The van der Waals surface area contributed by atoms with Crippen molar-refractivity contribution < 1.29 is 4.39 Å². The summed E-state index contributed by atoms with van der Waals surface area (Å²) < 4.78 is 15.2. The summed E-state index contributed by atoms with van der Waals surface area (Å²) in [5.74, 6) is 0.158. The lowest BCUT2D eigenvalue weighted by Crippen LogP contribution is -2.02. The topological polar surface area (TPSA) is 55.1 Å². The number of rotatable bonds is 4. The van der Waals surface area contributed by atoms with Gasteiger partial charge in [0.2, 0.25) is 0 Å². The van der Waals surface area contributed by atoms with E-state index in [2.05, 4.69) is 38.6 Å². The number of hydrogen-bond donors (Lipinski definition) is 1. The average molecular weight is 434 g/mol. The SMILES string of the molecule is CC.Fc1ccc(Nc2ccc3ncc(Cc4ccc5ncccc5c4)n3n2)cc1Cl. The maximum Gasteiger partial charge on any atom is 0.153 e. The fourth-order valence-corrected chi connectivity index (χ4v) is 3.45. The predicted octanol–water partition coefficient (Wildman–Crippen LogP) is 6.43. The number of pyridine rings is 1. The molecule has 0 aliphatic rings. The fraction of sp³-hybridized carbons (Fsp3) is 0.125. The first-order valence-corrected chi connectivity index (χ1v) is 10.4. The molecule has 3 aromatic heterocycles. The van der Waals surface area contributed by atoms with Gasteiger partial charge in [0, 0.05) is 23.7 Å². The van der Waals surface area contributed by atoms with Gasteiger partial charge in [0.15, 0.2) is 11.5 Å². The molecule has 5 aromatic rings. The molecule has 0 unspecified atom stereocenters. The van der Waals surface area contributed by atoms with Gasteiger partial charge in [-0.05, 0) is 54.1 Å². The molecular formula is C24H21ClFN5. The lowest BCUT2D eigenvalue weighted by atomic mass is 10.1. The standard InChI is InChI=1S/C22H15ClFN5.C2H6/c23-18-12-16(4-5-19(18)24)27-21-7-8-22-26-13-17(29(22)28-21)11-14-3-6-20-15(10-14)2-1-9-25-20;1-2/h1-10,12-13H,11H2,(H,27,28);1-2H3. The third-order valence-corrected chi connectivity index (χ3v) is 4.97. The molecule has 5 nitrogen and oxygen atoms in total. The Kier molecular flexibility index (Phi) is 6.09. The molecule has 0 aliphatic carbocycles. The zero-order valence-corrected chi connectivity index (χ0v) is 17.9. The van der Waals surface area contributed by atoms with E-state index in [1.165, 1.54) is 12.1 Å². The van der Waals surface area contributed by atoms with Crippen LogP contribution in [0.5, 0.6) is 0 Å². The minimum absolute atomic E-state index is 0.0604. The maximum atomic E-state index is 13.4. The van der Waals surface area contributed by atoms with Gasteiger partial charge in [-0.15, -0.1) is 5.10 Å². The first kappa shape index (κ1) is 20.8. The smallest absolute Gasteiger partial charge is 0.153 e. The molecule has 7 heteroatoms. The highest BCUT2D eigenvalue weighted by Crippen LogP contribution is 2.23. The van der Waals surface area contributed by atoms with Crippen molar-refractivity contribution in [1.29, 1.82) is 0 Å². The van der Waals surface area contributed by atoms with Gasteiger partial charge in [-0.2, -0.15) is 0 Å². The number of fused-ring (bicyclic) bond motifs is 2. The summed E-state index contributed by atoms with van der Waals surface area (Å²) in [6.07, 6.45) is 4.30. The Morgan fingerprint density at radius 3 is 2.71 bits per heavy atom. The van der Waals surface area contributed by atoms with Gasteiger partial charge >= 0.3 is 0 Å². The van der Waals surface area contributed by atoms with Gasteiger partial charge in [-0.3, -0.25) is 4.98 Å². The Morgan fingerprint density at radius 1 is 1.00 bits per heavy atom. The molecule has 31 heavy (non-hydrogen) atoms. The molecule has 0 fully saturated rings. The van der Waals surface area contributed by atoms with Gasteiger partial charge in [0.25, 0.3) is 0 Å². The van der Waals surface area contributed by atoms with Crippen LogP contribution in [0.2, 0.25) is 5.02 Å². The Hall–Kier alpha value is -3.51. The quantitative estimate of drug-likeness (QED) is 0.354. The van der Waals surface area contributed by atoms with Crippen LogP contribution in [0.25, 0.3) is 16.6 Å². The van der Waals surface area contributed by atoms with Crippen LogP contribution in [0, 0.1) is 5.82 Å². The van der Waals surface area contributed by atoms with Gasteiger partial charge in [-0.25, -0.2) is 13.9 Å². The van der Waals surface area contributed by atoms with Crippen molar-refractivity contribution in [2.75, 3.05) is 5.32 Å². The van der Waals surface area contributed by atoms with Crippen LogP contribution in [-0.2, 0) is 6.42 Å². The van der Waals surface area contributed by atoms with Crippen LogP contribution >= 0.6 is 11.6 Å². The van der Waals surface area contributed by atoms with E-state index in [4.69, 9.17) is 11.6 Å². The molecule has 2 aromatic carbocycles. The van der Waals surface area contributed by atoms with Crippen molar-refractivity contribution in [1.82, 2.24) is 19.6 Å². The average Bonchev–Trinajstić information content (AvgIpc) is 3.19. The number of hydrogen-bond acceptors (Lipinski definition) is 4. The van der Waals surface area contributed by atoms with E-state index in [1.54, 1.807) is 16.8 Å². The molecule has 5 rings (SSSR count). The largest absolute Gasteiger partial charge is 0.339 e. The van der Waals surface area contributed by atoms with Crippen LogP contribution in [0.3, 0.4) is 0 Å². The molecule has 0 atom stereocenters. The Labute approximate surface area is 184 Å². The second-order valence-corrected chi connectivity index (χ2v) is 7.11. The van der Waals surface area contributed by atoms with E-state index in [0.29, 0.717) is 17.9 Å². The highest BCUT2D eigenvalue weighted by molar-refractivity contribution is 6.31. The van der Waals surface area contributed by atoms with E-state index in [-0.39, 0.29) is 5.02 Å². The monoisotopic (exact) mass is 433 g/mol. The zero-order valence-electron chi connectivity index (χ0n) is 17.2. The molecule has 0 radical (unpaired) electrons. The van der Waals surface area contributed by atoms with Crippen molar-refractivity contribution in [3.8, 4) is 0 Å². The van der Waals surface area contributed by atoms with Crippen molar-refractivity contribution in [2.45, 2.75) is 20.3 Å². The minimum Gasteiger partial charge on any atom is -0.339 e. The van der Waals surface area contributed by atoms with Crippen LogP contribution < -0.4 is 5.32 Å². The van der Waals surface area contributed by atoms with Crippen LogP contribution in [0.15, 0.2) is 73.1 Å². The molecule has 0 amide bonds. The summed E-state index contributed by atoms with van der Waals surface area (Å²) in [6.45, 7) is 4.00. The second kappa shape index (κ2) is 9.10. The van der Waals surface area contributed by atoms with E-state index in [0.717, 1.165) is 27.8 Å². The predicted molar refractivity (Wildman–Crippen MR) is 124 cm³/mol. The highest BCUT2D eigenvalue weighted by atomic mass is 35.5. The maximum absolute atomic E-state index is 13.4. The van der Waals surface area contributed by atoms with Gasteiger partial charge in [0.05, 0.1) is 22.4 Å². The molecular weight excluding hydrogens is 413 g/mol. The molecule has 0 saturated heterocycles. The van der Waals surface area contributed by atoms with Crippen LogP contribution in [-0.4, -0.2) is 19.6 Å². The summed E-state index contributed by atoms with van der Waals surface area (Å²) in [5, 5.41) is 8.94. The molecule has 0 bridgehead atoms. The molecule has 0 spiro atoms. The summed E-state index contributed by atoms with van der Waals surface area (Å²) in [5.41, 5.74) is 4.50. The van der Waals surface area contributed by atoms with Crippen molar-refractivity contribution in [3.63, 3.8) is 0 Å². The van der Waals surface area contributed by atoms with Crippen molar-refractivity contribution in [2.24, 2.45) is 0 Å². The first-order chi connectivity index (χ1) is 15.2. The molecule has 1 N–H and O–H groups in total. The van der Waals surface area contributed by atoms with E-state index in [9.17, 15) is 4.39 Å². The van der Waals surface area contributed by atoms with Gasteiger partial charge < -0.3 is 5.32 Å². The third-order valence-electron chi connectivity index (χ3n) is 4.68. The normalized spacial score (nSPS) is 10.7. The number of benzene rings is 2. The number of imidazole rings is 1. The number of anilines is 2. The number of aromatic nitrogens is 4. The summed E-state index contributed by atoms with van der Waals surface area (Å²) in [7, 11) is 0. The number of halogens is 2. The van der Waals surface area contributed by atoms with Crippen molar-refractivity contribution in [3.05, 3.63) is 95.2 Å². The first-order valence-electron chi connectivity index (χ1n) is 10.1. The lowest BCUT2D eigenvalue weighted by Gasteiger charge is -2.08. The minimum atomic E-state index is -0.455. The van der Waals surface area contributed by atoms with E-state index >= 15 is 0 Å². The lowest BCUT2D eigenvalue weighted by molar-refractivity contribution is 0.628. The van der Waals surface area contributed by atoms with Crippen molar-refractivity contribution >= 4 is 39.7 Å². The van der Waals surface area contributed by atoms with Gasteiger partial charge in [-0.1, -0.05) is 37.6 Å². The molecule has 156 valence electrons. The Morgan fingerprint density at radius 2 is 1.87 bits per heavy atom. The zero-order chi connectivity index (χ0) is 21.8. The van der Waals surface area contributed by atoms with E-state index in [1.807, 2.05) is 44.3 Å². The molecule has 0 aliphatic heterocycles. The molecule has 0 saturated carbocycles. The van der Waals surface area contributed by atoms with Crippen LogP contribution in [0.4, 0.5) is 15.9 Å². The Bertz CT molecular complexity index is 1350. The van der Waals surface area contributed by atoms with Gasteiger partial charge in [0.1, 0.15) is 5.82 Å². The second-order valence-electron chi connectivity index (χ2n) is 6.70. The fourth-order valence-electron chi connectivity index (χ4n) is 3.27. The van der Waals surface area contributed by atoms with E-state index < -0.39 is 5.82 Å². The highest BCUT2D eigenvalue weighted by Gasteiger charge is 2.09. The summed E-state index contributed by atoms with van der Waals surface area (Å²) in [4.78, 5) is 8.80. The summed E-state index contributed by atoms with van der Waals surface area (Å²) >= 11 is 5.86. The Balaban J connectivity index is 0.00000112. The number of nitrogens with one attached hydrogen (secondary N) is 1. The molecule has 3 heterocycles. The summed E-state index contributed by atoms with van der Waals surface area (Å²) in [6, 6.07) is 18.4. The number of nitrogens with zero attached hydrogens (tertiary/aromatic N) is 4. The third kappa shape index (κ3) is 4.49. The van der Waals surface area contributed by atoms with Crippen LogP contribution in [0.1, 0.15) is 25.1 Å².